The molecular weight excluding hydrogens is 474 g/mol. The number of amides is 3. The van der Waals surface area contributed by atoms with Crippen LogP contribution in [0.1, 0.15) is 51.3 Å². The number of para-hydroxylation sites is 2. The second kappa shape index (κ2) is 11.1. The van der Waals surface area contributed by atoms with Crippen LogP contribution in [0.25, 0.3) is 0 Å². The fraction of sp³-hybridized carbons (Fsp3) is 0.304. The maximum atomic E-state index is 13.9. The molecule has 0 fully saturated rings. The van der Waals surface area contributed by atoms with Crippen molar-refractivity contribution < 1.29 is 19.1 Å². The van der Waals surface area contributed by atoms with Crippen molar-refractivity contribution in [1.29, 1.82) is 0 Å². The van der Waals surface area contributed by atoms with Gasteiger partial charge >= 0.3 is 0 Å². The summed E-state index contributed by atoms with van der Waals surface area (Å²) in [5, 5.41) is 4.78. The van der Waals surface area contributed by atoms with Crippen LogP contribution >= 0.6 is 22.9 Å². The number of nitrogens with two attached hydrogens (primary N) is 2. The van der Waals surface area contributed by atoms with Gasteiger partial charge in [-0.25, -0.2) is 0 Å². The molecule has 0 saturated heterocycles. The van der Waals surface area contributed by atoms with E-state index in [1.54, 1.807) is 30.3 Å². The normalized spacial score (nSPS) is 11.8. The van der Waals surface area contributed by atoms with Gasteiger partial charge in [0.25, 0.3) is 11.8 Å². The van der Waals surface area contributed by atoms with E-state index in [4.69, 9.17) is 16.2 Å². The molecule has 0 saturated carbocycles. The molecule has 3 rings (SSSR count). The van der Waals surface area contributed by atoms with E-state index in [-0.39, 0.29) is 22.2 Å². The molecule has 1 atom stereocenters. The maximum Gasteiger partial charge on any atom is 0.273 e. The molecule has 2 aromatic heterocycles. The number of rotatable bonds is 10. The fourth-order valence-electron chi connectivity index (χ4n) is 3.33. The monoisotopic (exact) mass is 501 g/mol. The number of aromatic nitrogens is 1. The van der Waals surface area contributed by atoms with E-state index in [2.05, 4.69) is 23.5 Å². The molecule has 0 spiro atoms. The van der Waals surface area contributed by atoms with Crippen LogP contribution in [-0.4, -0.2) is 35.7 Å². The zero-order valence-corrected chi connectivity index (χ0v) is 20.7. The molecule has 0 radical (unpaired) electrons. The van der Waals surface area contributed by atoms with Crippen molar-refractivity contribution in [1.82, 2.24) is 9.69 Å². The van der Waals surface area contributed by atoms with Gasteiger partial charge in [-0.1, -0.05) is 32.0 Å². The third-order valence-corrected chi connectivity index (χ3v) is 6.83. The number of primary amides is 1. The van der Waals surface area contributed by atoms with Gasteiger partial charge < -0.3 is 21.5 Å². The maximum absolute atomic E-state index is 13.9. The highest BCUT2D eigenvalue weighted by atomic mass is 32.1. The molecule has 3 aromatic rings. The highest BCUT2D eigenvalue weighted by molar-refractivity contribution is 7.10. The van der Waals surface area contributed by atoms with Gasteiger partial charge in [0.05, 0.1) is 18.5 Å². The van der Waals surface area contributed by atoms with E-state index >= 15 is 0 Å². The summed E-state index contributed by atoms with van der Waals surface area (Å²) in [6.07, 6.45) is 0.787. The van der Waals surface area contributed by atoms with E-state index in [1.165, 1.54) is 23.3 Å². The topological polar surface area (TPSA) is 141 Å². The number of anilines is 2. The number of hydrogen-bond donors (Lipinski definition) is 3. The number of methoxy groups -OCH3 is 1. The second-order valence-corrected chi connectivity index (χ2v) is 9.63. The summed E-state index contributed by atoms with van der Waals surface area (Å²) in [6, 6.07) is 9.48. The van der Waals surface area contributed by atoms with Crippen molar-refractivity contribution in [3.05, 3.63) is 57.2 Å². The van der Waals surface area contributed by atoms with Gasteiger partial charge in [0.1, 0.15) is 10.6 Å². The molecule has 3 amide bonds. The van der Waals surface area contributed by atoms with E-state index < -0.39 is 17.9 Å². The number of ether oxygens (including phenoxy) is 1. The zero-order valence-electron chi connectivity index (χ0n) is 19.1. The summed E-state index contributed by atoms with van der Waals surface area (Å²) in [7, 11) is 1.48. The Morgan fingerprint density at radius 1 is 1.18 bits per heavy atom. The smallest absolute Gasteiger partial charge is 0.273 e. The summed E-state index contributed by atoms with van der Waals surface area (Å²) >= 11 is 2.11. The molecule has 11 heteroatoms. The Labute approximate surface area is 205 Å². The number of nitrogen functional groups attached to an aromatic ring is 1. The molecule has 34 heavy (non-hydrogen) atoms. The van der Waals surface area contributed by atoms with Gasteiger partial charge in [-0.2, -0.15) is 4.37 Å². The number of carbonyl (C=O) groups is 3. The van der Waals surface area contributed by atoms with Crippen LogP contribution in [0.15, 0.2) is 41.8 Å². The highest BCUT2D eigenvalue weighted by Gasteiger charge is 2.37. The van der Waals surface area contributed by atoms with Crippen molar-refractivity contribution in [2.45, 2.75) is 26.3 Å². The Bertz CT molecular complexity index is 1160. The minimum Gasteiger partial charge on any atom is -0.495 e. The molecule has 0 bridgehead atoms. The van der Waals surface area contributed by atoms with E-state index in [1.807, 2.05) is 11.4 Å². The van der Waals surface area contributed by atoms with Gasteiger partial charge in [-0.3, -0.25) is 19.3 Å². The van der Waals surface area contributed by atoms with Crippen molar-refractivity contribution in [3.63, 3.8) is 0 Å². The van der Waals surface area contributed by atoms with Crippen LogP contribution in [0.4, 0.5) is 11.4 Å². The van der Waals surface area contributed by atoms with Crippen LogP contribution in [-0.2, 0) is 4.79 Å². The van der Waals surface area contributed by atoms with Crippen LogP contribution in [0, 0.1) is 5.92 Å². The van der Waals surface area contributed by atoms with Gasteiger partial charge in [-0.15, -0.1) is 11.3 Å². The first kappa shape index (κ1) is 25.2. The average Bonchev–Trinajstić information content (AvgIpc) is 3.46. The summed E-state index contributed by atoms with van der Waals surface area (Å²) in [5.41, 5.74) is 11.5. The SMILES string of the molecule is COc1ccccc1N(C(=O)c1snc(C(N)=O)c1N)C(C(=O)NCCC(C)C)c1cccs1. The van der Waals surface area contributed by atoms with Crippen molar-refractivity contribution in [3.8, 4) is 5.75 Å². The Kier molecular flexibility index (Phi) is 8.24. The molecule has 9 nitrogen and oxygen atoms in total. The number of benzene rings is 1. The first-order valence-electron chi connectivity index (χ1n) is 10.6. The minimum absolute atomic E-state index is 0.0104. The molecule has 0 aliphatic heterocycles. The lowest BCUT2D eigenvalue weighted by Gasteiger charge is -2.31. The highest BCUT2D eigenvalue weighted by Crippen LogP contribution is 2.38. The third-order valence-electron chi connectivity index (χ3n) is 5.06. The number of thiophene rings is 1. The molecule has 1 aromatic carbocycles. The largest absolute Gasteiger partial charge is 0.495 e. The van der Waals surface area contributed by atoms with Crippen LogP contribution in [0.5, 0.6) is 5.75 Å². The molecule has 180 valence electrons. The van der Waals surface area contributed by atoms with Crippen molar-refractivity contribution >= 4 is 52.0 Å². The quantitative estimate of drug-likeness (QED) is 0.389. The second-order valence-electron chi connectivity index (χ2n) is 7.88. The van der Waals surface area contributed by atoms with Gasteiger partial charge in [0.2, 0.25) is 5.91 Å². The van der Waals surface area contributed by atoms with Gasteiger partial charge in [-0.05, 0) is 47.5 Å². The Morgan fingerprint density at radius 3 is 2.50 bits per heavy atom. The fourth-order valence-corrected chi connectivity index (χ4v) is 4.89. The number of hydrogen-bond acceptors (Lipinski definition) is 8. The van der Waals surface area contributed by atoms with Gasteiger partial charge in [0.15, 0.2) is 11.7 Å². The standard InChI is InChI=1S/C23H27N5O4S2/c1-13(2)10-11-26-22(30)19(16-9-6-12-33-16)28(14-7-4-5-8-15(14)32-3)23(31)20-17(24)18(21(25)29)27-34-20/h4-9,12-13,19H,10-11,24H2,1-3H3,(H2,25,29)(H,26,30). The summed E-state index contributed by atoms with van der Waals surface area (Å²) in [6.45, 7) is 4.59. The van der Waals surface area contributed by atoms with E-state index in [9.17, 15) is 14.4 Å². The molecule has 5 N–H and O–H groups in total. The number of carbonyl (C=O) groups excluding carboxylic acids is 3. The lowest BCUT2D eigenvalue weighted by Crippen LogP contribution is -2.44. The number of nitrogens with one attached hydrogen (secondary N) is 1. The molecule has 0 aliphatic rings. The predicted octanol–water partition coefficient (Wildman–Crippen LogP) is 3.44. The van der Waals surface area contributed by atoms with Crippen molar-refractivity contribution in [2.75, 3.05) is 24.3 Å². The lowest BCUT2D eigenvalue weighted by atomic mass is 10.1. The molecule has 0 aliphatic carbocycles. The molecular formula is C23H27N5O4S2. The Balaban J connectivity index is 2.15. The molecule has 1 unspecified atom stereocenters. The molecule has 2 heterocycles. The van der Waals surface area contributed by atoms with Crippen LogP contribution < -0.4 is 26.4 Å². The average molecular weight is 502 g/mol. The Morgan fingerprint density at radius 2 is 1.91 bits per heavy atom. The summed E-state index contributed by atoms with van der Waals surface area (Å²) in [4.78, 5) is 41.1. The van der Waals surface area contributed by atoms with Crippen LogP contribution in [0.2, 0.25) is 0 Å². The minimum atomic E-state index is -1.01. The first-order chi connectivity index (χ1) is 16.3. The first-order valence-corrected chi connectivity index (χ1v) is 12.2. The predicted molar refractivity (Wildman–Crippen MR) is 134 cm³/mol. The summed E-state index contributed by atoms with van der Waals surface area (Å²) < 4.78 is 9.46. The van der Waals surface area contributed by atoms with Crippen LogP contribution in [0.3, 0.4) is 0 Å². The van der Waals surface area contributed by atoms with E-state index in [0.29, 0.717) is 28.8 Å². The Hall–Kier alpha value is -3.44. The van der Waals surface area contributed by atoms with E-state index in [0.717, 1.165) is 18.0 Å². The number of nitrogens with zero attached hydrogens (tertiary/aromatic N) is 2. The van der Waals surface area contributed by atoms with Crippen molar-refractivity contribution in [2.24, 2.45) is 11.7 Å². The summed E-state index contributed by atoms with van der Waals surface area (Å²) in [5.74, 6) is -0.981. The zero-order chi connectivity index (χ0) is 24.8. The third kappa shape index (κ3) is 5.37. The lowest BCUT2D eigenvalue weighted by molar-refractivity contribution is -0.122. The van der Waals surface area contributed by atoms with Gasteiger partial charge in [0, 0.05) is 11.4 Å².